The van der Waals surface area contributed by atoms with E-state index in [4.69, 9.17) is 21.1 Å². The number of rotatable bonds is 7. The predicted molar refractivity (Wildman–Crippen MR) is 171 cm³/mol. The van der Waals surface area contributed by atoms with Gasteiger partial charge in [-0.25, -0.2) is 9.59 Å². The number of hydrogen-bond acceptors (Lipinski definition) is 6. The van der Waals surface area contributed by atoms with Gasteiger partial charge in [0.1, 0.15) is 11.0 Å². The molecule has 3 N–H and O–H groups in total. The molecule has 44 heavy (non-hydrogen) atoms. The van der Waals surface area contributed by atoms with Crippen LogP contribution >= 0.6 is 23.4 Å². The Balaban J connectivity index is 1.28. The van der Waals surface area contributed by atoms with E-state index in [1.54, 1.807) is 39.0 Å². The molecule has 9 nitrogen and oxygen atoms in total. The molecule has 0 bridgehead atoms. The molecular weight excluding hydrogens is 602 g/mol. The van der Waals surface area contributed by atoms with Crippen LogP contribution in [0, 0.1) is 0 Å². The van der Waals surface area contributed by atoms with E-state index in [1.165, 1.54) is 27.2 Å². The van der Waals surface area contributed by atoms with E-state index >= 15 is 0 Å². The van der Waals surface area contributed by atoms with Crippen molar-refractivity contribution in [3.8, 4) is 11.1 Å². The lowest BCUT2D eigenvalue weighted by Gasteiger charge is -2.39. The predicted octanol–water partition coefficient (Wildman–Crippen LogP) is 7.22. The van der Waals surface area contributed by atoms with Gasteiger partial charge in [-0.3, -0.25) is 9.69 Å². The maximum atomic E-state index is 13.3. The lowest BCUT2D eigenvalue weighted by atomic mass is 9.90. The first-order valence-corrected chi connectivity index (χ1v) is 15.7. The van der Waals surface area contributed by atoms with Crippen molar-refractivity contribution in [1.82, 2.24) is 15.5 Å². The number of carbonyl (C=O) groups is 3. The van der Waals surface area contributed by atoms with Gasteiger partial charge in [-0.2, -0.15) is 0 Å². The zero-order valence-corrected chi connectivity index (χ0v) is 26.4. The number of benzene rings is 3. The Morgan fingerprint density at radius 1 is 0.977 bits per heavy atom. The van der Waals surface area contributed by atoms with Gasteiger partial charge in [0.2, 0.25) is 0 Å². The van der Waals surface area contributed by atoms with Crippen molar-refractivity contribution in [2.24, 2.45) is 0 Å². The smallest absolute Gasteiger partial charge is 0.408 e. The number of amides is 3. The normalized spacial score (nSPS) is 17.9. The number of nitrogens with zero attached hydrogens (tertiary/aromatic N) is 1. The summed E-state index contributed by atoms with van der Waals surface area (Å²) >= 11 is 7.16. The van der Waals surface area contributed by atoms with E-state index < -0.39 is 34.5 Å². The van der Waals surface area contributed by atoms with Gasteiger partial charge in [-0.15, -0.1) is 0 Å². The van der Waals surface area contributed by atoms with E-state index in [1.807, 2.05) is 24.3 Å². The quantitative estimate of drug-likeness (QED) is 0.250. The van der Waals surface area contributed by atoms with E-state index in [-0.39, 0.29) is 32.2 Å². The molecule has 0 aromatic heterocycles. The maximum absolute atomic E-state index is 13.3. The second-order valence-electron chi connectivity index (χ2n) is 11.8. The van der Waals surface area contributed by atoms with Gasteiger partial charge in [-0.1, -0.05) is 66.2 Å². The lowest BCUT2D eigenvalue weighted by Crippen LogP contribution is -2.52. The van der Waals surface area contributed by atoms with Crippen LogP contribution in [0.15, 0.2) is 66.7 Å². The summed E-state index contributed by atoms with van der Waals surface area (Å²) < 4.78 is 11.5. The molecule has 1 aliphatic carbocycles. The molecule has 232 valence electrons. The number of ether oxygens (including phenoxy) is 2. The molecule has 1 aliphatic heterocycles. The molecule has 0 saturated carbocycles. The van der Waals surface area contributed by atoms with Crippen LogP contribution in [0.25, 0.3) is 11.1 Å². The summed E-state index contributed by atoms with van der Waals surface area (Å²) in [6.07, 6.45) is -1.64. The van der Waals surface area contributed by atoms with Crippen LogP contribution < -0.4 is 10.6 Å². The molecule has 2 unspecified atom stereocenters. The molecule has 1 fully saturated rings. The third kappa shape index (κ3) is 7.49. The van der Waals surface area contributed by atoms with Crippen molar-refractivity contribution in [2.75, 3.05) is 13.2 Å². The Labute approximate surface area is 266 Å². The zero-order chi connectivity index (χ0) is 31.4. The SMILES string of the molecule is CC(C)(C)OC(=O)NCc1ccc(Cl)cc1CNC(=O)SC1C(CC2c3ccccc3-c3ccccc32)OCCN1C(=O)O. The molecule has 5 rings (SSSR count). The van der Waals surface area contributed by atoms with E-state index in [0.717, 1.165) is 17.3 Å². The maximum Gasteiger partial charge on any atom is 0.408 e. The highest BCUT2D eigenvalue weighted by molar-refractivity contribution is 8.14. The summed E-state index contributed by atoms with van der Waals surface area (Å²) in [7, 11) is 0. The van der Waals surface area contributed by atoms with Crippen molar-refractivity contribution in [3.63, 3.8) is 0 Å². The monoisotopic (exact) mass is 637 g/mol. The molecule has 1 saturated heterocycles. The topological polar surface area (TPSA) is 117 Å². The van der Waals surface area contributed by atoms with Gasteiger partial charge in [0.15, 0.2) is 0 Å². The molecule has 2 atom stereocenters. The summed E-state index contributed by atoms with van der Waals surface area (Å²) in [5.41, 5.74) is 5.52. The first kappa shape index (κ1) is 31.7. The number of thioether (sulfide) groups is 1. The Bertz CT molecular complexity index is 1500. The minimum Gasteiger partial charge on any atom is -0.465 e. The van der Waals surface area contributed by atoms with Gasteiger partial charge < -0.3 is 25.2 Å². The number of carboxylic acid groups (broad SMARTS) is 1. The van der Waals surface area contributed by atoms with E-state index in [0.29, 0.717) is 17.0 Å². The van der Waals surface area contributed by atoms with Gasteiger partial charge in [0.05, 0.1) is 12.7 Å². The van der Waals surface area contributed by atoms with Gasteiger partial charge in [0.25, 0.3) is 5.24 Å². The Hall–Kier alpha value is -3.73. The number of hydrogen-bond donors (Lipinski definition) is 3. The summed E-state index contributed by atoms with van der Waals surface area (Å²) in [4.78, 5) is 39.0. The number of alkyl carbamates (subject to hydrolysis) is 1. The highest BCUT2D eigenvalue weighted by Crippen LogP contribution is 2.48. The highest BCUT2D eigenvalue weighted by Gasteiger charge is 2.41. The second kappa shape index (κ2) is 13.5. The molecule has 3 amide bonds. The number of nitrogens with one attached hydrogen (secondary N) is 2. The van der Waals surface area contributed by atoms with Crippen molar-refractivity contribution in [3.05, 3.63) is 94.0 Å². The van der Waals surface area contributed by atoms with Crippen molar-refractivity contribution in [1.29, 1.82) is 0 Å². The molecule has 0 radical (unpaired) electrons. The van der Waals surface area contributed by atoms with Crippen molar-refractivity contribution < 1.29 is 29.0 Å². The van der Waals surface area contributed by atoms with Crippen LogP contribution in [0.5, 0.6) is 0 Å². The molecular formula is C33H36ClN3O6S. The molecule has 1 heterocycles. The van der Waals surface area contributed by atoms with Crippen LogP contribution in [-0.4, -0.2) is 57.7 Å². The fraction of sp³-hybridized carbons (Fsp3) is 0.364. The van der Waals surface area contributed by atoms with Gasteiger partial charge in [0, 0.05) is 30.6 Å². The van der Waals surface area contributed by atoms with Crippen LogP contribution in [0.4, 0.5) is 14.4 Å². The fourth-order valence-corrected chi connectivity index (χ4v) is 6.95. The van der Waals surface area contributed by atoms with Crippen LogP contribution in [0.2, 0.25) is 5.02 Å². The molecule has 11 heteroatoms. The Morgan fingerprint density at radius 3 is 2.25 bits per heavy atom. The first-order chi connectivity index (χ1) is 21.0. The summed E-state index contributed by atoms with van der Waals surface area (Å²) in [6, 6.07) is 21.7. The average molecular weight is 638 g/mol. The summed E-state index contributed by atoms with van der Waals surface area (Å²) in [6.45, 7) is 6.09. The van der Waals surface area contributed by atoms with E-state index in [2.05, 4.69) is 34.9 Å². The minimum absolute atomic E-state index is 0.0128. The largest absolute Gasteiger partial charge is 0.465 e. The first-order valence-electron chi connectivity index (χ1n) is 14.5. The van der Waals surface area contributed by atoms with Crippen LogP contribution in [0.1, 0.15) is 55.4 Å². The zero-order valence-electron chi connectivity index (χ0n) is 24.8. The second-order valence-corrected chi connectivity index (χ2v) is 13.3. The molecule has 3 aromatic carbocycles. The molecule has 0 spiro atoms. The number of carbonyl (C=O) groups excluding carboxylic acids is 2. The average Bonchev–Trinajstić information content (AvgIpc) is 3.29. The van der Waals surface area contributed by atoms with Crippen molar-refractivity contribution in [2.45, 2.75) is 63.3 Å². The third-order valence-electron chi connectivity index (χ3n) is 7.61. The van der Waals surface area contributed by atoms with Gasteiger partial charge in [-0.05, 0) is 84.5 Å². The fourth-order valence-electron chi connectivity index (χ4n) is 5.72. The number of morpholine rings is 1. The lowest BCUT2D eigenvalue weighted by molar-refractivity contribution is -0.0381. The van der Waals surface area contributed by atoms with Crippen LogP contribution in [-0.2, 0) is 22.6 Å². The number of halogens is 1. The van der Waals surface area contributed by atoms with E-state index in [9.17, 15) is 19.5 Å². The standard InChI is InChI=1S/C33H36ClN3O6S/c1-33(2,3)43-30(38)35-18-20-12-13-22(34)16-21(20)19-36-31(39)44-29-28(42-15-14-37(29)32(40)41)17-27-25-10-6-4-8-23(25)24-9-5-7-11-26(24)27/h4-13,16,27-29H,14-15,17-19H2,1-3H3,(H,35,38)(H,36,39)(H,40,41). The Kier molecular flexibility index (Phi) is 9.72. The summed E-state index contributed by atoms with van der Waals surface area (Å²) in [5, 5.41) is 15.0. The summed E-state index contributed by atoms with van der Waals surface area (Å²) in [5.74, 6) is 0.0128. The van der Waals surface area contributed by atoms with Crippen molar-refractivity contribution >= 4 is 40.8 Å². The minimum atomic E-state index is -1.10. The van der Waals surface area contributed by atoms with Gasteiger partial charge >= 0.3 is 12.2 Å². The Morgan fingerprint density at radius 2 is 1.61 bits per heavy atom. The number of fused-ring (bicyclic) bond motifs is 3. The molecule has 3 aromatic rings. The third-order valence-corrected chi connectivity index (χ3v) is 9.00. The molecule has 2 aliphatic rings. The highest BCUT2D eigenvalue weighted by atomic mass is 35.5. The van der Waals surface area contributed by atoms with Crippen LogP contribution in [0.3, 0.4) is 0 Å².